The zero-order valence-corrected chi connectivity index (χ0v) is 12.6. The van der Waals surface area contributed by atoms with E-state index >= 15 is 0 Å². The van der Waals surface area contributed by atoms with E-state index in [-0.39, 0.29) is 6.10 Å². The molecule has 0 radical (unpaired) electrons. The molecule has 5 heteroatoms. The van der Waals surface area contributed by atoms with Crippen molar-refractivity contribution >= 4 is 34.2 Å². The van der Waals surface area contributed by atoms with Gasteiger partial charge in [0.05, 0.1) is 9.26 Å². The molecular formula is C13H10ClIN2O. The summed E-state index contributed by atoms with van der Waals surface area (Å²) in [7, 11) is 0. The van der Waals surface area contributed by atoms with Crippen LogP contribution < -0.4 is 4.74 Å². The summed E-state index contributed by atoms with van der Waals surface area (Å²) in [6.07, 6.45) is 0.669. The van der Waals surface area contributed by atoms with Crippen molar-refractivity contribution in [2.45, 2.75) is 19.4 Å². The molecule has 0 N–H and O–H groups in total. The Morgan fingerprint density at radius 2 is 2.11 bits per heavy atom. The maximum atomic E-state index is 6.09. The Hall–Kier alpha value is -0.880. The Labute approximate surface area is 124 Å². The molecule has 1 aliphatic rings. The van der Waals surface area contributed by atoms with Crippen molar-refractivity contribution in [2.24, 2.45) is 0 Å². The van der Waals surface area contributed by atoms with Gasteiger partial charge < -0.3 is 4.74 Å². The number of hydrogen-bond acceptors (Lipinski definition) is 3. The lowest BCUT2D eigenvalue weighted by atomic mass is 10.1. The van der Waals surface area contributed by atoms with E-state index in [0.717, 1.165) is 21.4 Å². The van der Waals surface area contributed by atoms with E-state index in [4.69, 9.17) is 16.3 Å². The molecule has 92 valence electrons. The minimum atomic E-state index is -0.129. The quantitative estimate of drug-likeness (QED) is 0.565. The fourth-order valence-electron chi connectivity index (χ4n) is 2.01. The third-order valence-corrected chi connectivity index (χ3v) is 4.81. The summed E-state index contributed by atoms with van der Waals surface area (Å²) >= 11 is 8.25. The molecule has 0 saturated heterocycles. The fourth-order valence-corrected chi connectivity index (χ4v) is 2.48. The maximum absolute atomic E-state index is 6.09. The number of halogens is 2. The number of hydrogen-bond donors (Lipinski definition) is 0. The van der Waals surface area contributed by atoms with E-state index in [1.54, 1.807) is 0 Å². The molecule has 0 amide bonds. The van der Waals surface area contributed by atoms with E-state index in [9.17, 15) is 0 Å². The predicted molar refractivity (Wildman–Crippen MR) is 78.0 cm³/mol. The second kappa shape index (κ2) is 4.66. The second-order valence-electron chi connectivity index (χ2n) is 4.19. The standard InChI is InChI=1S/C13H10ClIN2O/c1-7-11(15)12(14)17-13(16-7)10-6-8-4-2-3-5-9(8)18-10/h2-5,10H,6H2,1H3. The fraction of sp³-hybridized carbons (Fsp3) is 0.231. The number of para-hydroxylation sites is 1. The van der Waals surface area contributed by atoms with Gasteiger partial charge in [-0.2, -0.15) is 0 Å². The van der Waals surface area contributed by atoms with Crippen molar-refractivity contribution in [1.82, 2.24) is 9.97 Å². The van der Waals surface area contributed by atoms with Crippen LogP contribution in [0.4, 0.5) is 0 Å². The van der Waals surface area contributed by atoms with Crippen LogP contribution in [-0.2, 0) is 6.42 Å². The molecule has 0 aliphatic carbocycles. The van der Waals surface area contributed by atoms with Gasteiger partial charge in [-0.1, -0.05) is 29.8 Å². The lowest BCUT2D eigenvalue weighted by Gasteiger charge is -2.11. The van der Waals surface area contributed by atoms with Crippen LogP contribution in [0.1, 0.15) is 23.2 Å². The first-order chi connectivity index (χ1) is 8.65. The van der Waals surface area contributed by atoms with Crippen LogP contribution in [0, 0.1) is 10.5 Å². The van der Waals surface area contributed by atoms with Crippen LogP contribution in [0.3, 0.4) is 0 Å². The Morgan fingerprint density at radius 1 is 1.33 bits per heavy atom. The van der Waals surface area contributed by atoms with Crippen molar-refractivity contribution in [3.63, 3.8) is 0 Å². The van der Waals surface area contributed by atoms with Gasteiger partial charge in [-0.3, -0.25) is 0 Å². The van der Waals surface area contributed by atoms with Gasteiger partial charge in [-0.05, 0) is 41.1 Å². The molecule has 0 spiro atoms. The molecule has 1 aromatic heterocycles. The molecule has 2 heterocycles. The highest BCUT2D eigenvalue weighted by Gasteiger charge is 2.27. The number of aromatic nitrogens is 2. The first-order valence-corrected chi connectivity index (χ1v) is 7.05. The van der Waals surface area contributed by atoms with Crippen molar-refractivity contribution in [1.29, 1.82) is 0 Å². The van der Waals surface area contributed by atoms with Gasteiger partial charge in [0.25, 0.3) is 0 Å². The summed E-state index contributed by atoms with van der Waals surface area (Å²) in [4.78, 5) is 8.79. The molecule has 0 saturated carbocycles. The number of benzene rings is 1. The Balaban J connectivity index is 1.95. The van der Waals surface area contributed by atoms with E-state index in [1.807, 2.05) is 25.1 Å². The smallest absolute Gasteiger partial charge is 0.171 e. The molecule has 1 atom stereocenters. The summed E-state index contributed by atoms with van der Waals surface area (Å²) in [5.74, 6) is 1.58. The maximum Gasteiger partial charge on any atom is 0.171 e. The van der Waals surface area contributed by atoms with E-state index in [1.165, 1.54) is 5.56 Å². The van der Waals surface area contributed by atoms with Crippen LogP contribution in [-0.4, -0.2) is 9.97 Å². The molecule has 0 bridgehead atoms. The first-order valence-electron chi connectivity index (χ1n) is 5.59. The first kappa shape index (κ1) is 12.2. The predicted octanol–water partition coefficient (Wildman–Crippen LogP) is 3.72. The van der Waals surface area contributed by atoms with Crippen LogP contribution in [0.5, 0.6) is 5.75 Å². The van der Waals surface area contributed by atoms with Crippen LogP contribution in [0.2, 0.25) is 5.15 Å². The zero-order valence-electron chi connectivity index (χ0n) is 9.65. The SMILES string of the molecule is Cc1nc(C2Cc3ccccc3O2)nc(Cl)c1I. The monoisotopic (exact) mass is 372 g/mol. The highest BCUT2D eigenvalue weighted by molar-refractivity contribution is 14.1. The molecule has 0 fully saturated rings. The lowest BCUT2D eigenvalue weighted by Crippen LogP contribution is -2.10. The minimum Gasteiger partial charge on any atom is -0.482 e. The number of rotatable bonds is 1. The Bertz CT molecular complexity index is 570. The summed E-state index contributed by atoms with van der Waals surface area (Å²) in [5.41, 5.74) is 2.09. The van der Waals surface area contributed by atoms with Gasteiger partial charge in [0.15, 0.2) is 11.9 Å². The normalized spacial score (nSPS) is 17.4. The summed E-state index contributed by atoms with van der Waals surface area (Å²) in [6.45, 7) is 1.93. The number of fused-ring (bicyclic) bond motifs is 1. The molecule has 3 rings (SSSR count). The zero-order chi connectivity index (χ0) is 12.7. The van der Waals surface area contributed by atoms with Gasteiger partial charge >= 0.3 is 0 Å². The molecular weight excluding hydrogens is 363 g/mol. The van der Waals surface area contributed by atoms with Gasteiger partial charge in [-0.15, -0.1) is 0 Å². The van der Waals surface area contributed by atoms with Crippen LogP contribution >= 0.6 is 34.2 Å². The number of ether oxygens (including phenoxy) is 1. The summed E-state index contributed by atoms with van der Waals surface area (Å²) in [6, 6.07) is 8.01. The third kappa shape index (κ3) is 2.07. The highest BCUT2D eigenvalue weighted by Crippen LogP contribution is 2.35. The highest BCUT2D eigenvalue weighted by atomic mass is 127. The second-order valence-corrected chi connectivity index (χ2v) is 5.63. The van der Waals surface area contributed by atoms with Crippen LogP contribution in [0.15, 0.2) is 24.3 Å². The average molecular weight is 373 g/mol. The largest absolute Gasteiger partial charge is 0.482 e. The molecule has 2 aromatic rings. The minimum absolute atomic E-state index is 0.129. The van der Waals surface area contributed by atoms with E-state index < -0.39 is 0 Å². The van der Waals surface area contributed by atoms with Crippen molar-refractivity contribution < 1.29 is 4.74 Å². The van der Waals surface area contributed by atoms with Crippen molar-refractivity contribution in [2.75, 3.05) is 0 Å². The van der Waals surface area contributed by atoms with Gasteiger partial charge in [-0.25, -0.2) is 9.97 Å². The molecule has 1 aromatic carbocycles. The van der Waals surface area contributed by atoms with Crippen LogP contribution in [0.25, 0.3) is 0 Å². The average Bonchev–Trinajstić information content (AvgIpc) is 2.79. The Kier molecular flexibility index (Phi) is 3.15. The molecule has 1 unspecified atom stereocenters. The van der Waals surface area contributed by atoms with Crippen molar-refractivity contribution in [3.05, 3.63) is 50.1 Å². The molecule has 1 aliphatic heterocycles. The molecule has 18 heavy (non-hydrogen) atoms. The number of aryl methyl sites for hydroxylation is 1. The summed E-state index contributed by atoms with van der Waals surface area (Å²) < 4.78 is 6.75. The topological polar surface area (TPSA) is 35.0 Å². The van der Waals surface area contributed by atoms with E-state index in [2.05, 4.69) is 38.6 Å². The van der Waals surface area contributed by atoms with Crippen molar-refractivity contribution in [3.8, 4) is 5.75 Å². The Morgan fingerprint density at radius 3 is 2.83 bits per heavy atom. The summed E-state index contributed by atoms with van der Waals surface area (Å²) in [5, 5.41) is 0.498. The molecule has 3 nitrogen and oxygen atoms in total. The van der Waals surface area contributed by atoms with Gasteiger partial charge in [0.2, 0.25) is 0 Å². The third-order valence-electron chi connectivity index (χ3n) is 2.93. The lowest BCUT2D eigenvalue weighted by molar-refractivity contribution is 0.227. The number of nitrogens with zero attached hydrogens (tertiary/aromatic N) is 2. The van der Waals surface area contributed by atoms with E-state index in [0.29, 0.717) is 11.0 Å². The van der Waals surface area contributed by atoms with Gasteiger partial charge in [0.1, 0.15) is 10.9 Å². The van der Waals surface area contributed by atoms with Gasteiger partial charge in [0, 0.05) is 6.42 Å².